The first-order valence-electron chi connectivity index (χ1n) is 5.92. The molecule has 1 aromatic carbocycles. The van der Waals surface area contributed by atoms with Crippen LogP contribution < -0.4 is 0 Å². The number of fused-ring (bicyclic) bond motifs is 2. The number of hydrogen-bond donors (Lipinski definition) is 1. The summed E-state index contributed by atoms with van der Waals surface area (Å²) in [4.78, 5) is 3.17. The molecule has 4 aromatic rings. The molecule has 18 heavy (non-hydrogen) atoms. The number of aromatic amines is 1. The third kappa shape index (κ3) is 1.21. The number of rotatable bonds is 1. The first-order chi connectivity index (χ1) is 8.93. The normalized spacial score (nSPS) is 11.3. The molecule has 0 saturated carbocycles. The molecule has 86 valence electrons. The summed E-state index contributed by atoms with van der Waals surface area (Å²) in [6, 6.07) is 12.6. The van der Waals surface area contributed by atoms with Gasteiger partial charge in [0.15, 0.2) is 0 Å². The Balaban J connectivity index is 2.13. The van der Waals surface area contributed by atoms with E-state index in [1.165, 1.54) is 21.9 Å². The van der Waals surface area contributed by atoms with Gasteiger partial charge in [0.05, 0.1) is 5.52 Å². The standard InChI is InChI=1S/C15H11N3/c1-3-11-9-16-10-14(11)12(4-1)13-5-2-8-18-15(13)6-7-17-18/h1-10,16H. The fourth-order valence-corrected chi connectivity index (χ4v) is 2.50. The maximum atomic E-state index is 4.28. The molecule has 0 aliphatic rings. The Bertz CT molecular complexity index is 767. The van der Waals surface area contributed by atoms with Crippen LogP contribution in [0, 0.1) is 0 Å². The summed E-state index contributed by atoms with van der Waals surface area (Å²) in [5.41, 5.74) is 3.58. The lowest BCUT2D eigenvalue weighted by Crippen LogP contribution is -1.88. The van der Waals surface area contributed by atoms with Crippen LogP contribution >= 0.6 is 0 Å². The van der Waals surface area contributed by atoms with Crippen LogP contribution in [0.3, 0.4) is 0 Å². The van der Waals surface area contributed by atoms with Crippen LogP contribution in [0.5, 0.6) is 0 Å². The van der Waals surface area contributed by atoms with Gasteiger partial charge in [0, 0.05) is 35.7 Å². The Morgan fingerprint density at radius 2 is 1.89 bits per heavy atom. The van der Waals surface area contributed by atoms with Crippen LogP contribution in [-0.2, 0) is 0 Å². The third-order valence-corrected chi connectivity index (χ3v) is 3.33. The Morgan fingerprint density at radius 1 is 0.944 bits per heavy atom. The topological polar surface area (TPSA) is 33.1 Å². The number of nitrogens with one attached hydrogen (secondary N) is 1. The molecule has 4 rings (SSSR count). The van der Waals surface area contributed by atoms with Gasteiger partial charge in [-0.15, -0.1) is 0 Å². The van der Waals surface area contributed by atoms with E-state index in [-0.39, 0.29) is 0 Å². The van der Waals surface area contributed by atoms with Crippen molar-refractivity contribution in [3.8, 4) is 11.1 Å². The molecular formula is C15H11N3. The zero-order valence-electron chi connectivity index (χ0n) is 9.67. The van der Waals surface area contributed by atoms with Crippen molar-refractivity contribution in [2.24, 2.45) is 0 Å². The van der Waals surface area contributed by atoms with Gasteiger partial charge in [-0.3, -0.25) is 0 Å². The van der Waals surface area contributed by atoms with E-state index in [1.807, 2.05) is 41.4 Å². The first-order valence-corrected chi connectivity index (χ1v) is 5.92. The molecule has 3 nitrogen and oxygen atoms in total. The zero-order valence-corrected chi connectivity index (χ0v) is 9.67. The van der Waals surface area contributed by atoms with Gasteiger partial charge in [-0.2, -0.15) is 5.10 Å². The second kappa shape index (κ2) is 3.47. The van der Waals surface area contributed by atoms with Crippen LogP contribution in [-0.4, -0.2) is 14.6 Å². The highest BCUT2D eigenvalue weighted by molar-refractivity contribution is 5.99. The molecule has 0 saturated heterocycles. The summed E-state index contributed by atoms with van der Waals surface area (Å²) in [5, 5.41) is 6.75. The van der Waals surface area contributed by atoms with E-state index in [0.717, 1.165) is 5.52 Å². The minimum absolute atomic E-state index is 1.13. The van der Waals surface area contributed by atoms with Crippen LogP contribution in [0.2, 0.25) is 0 Å². The van der Waals surface area contributed by atoms with Crippen LogP contribution in [0.1, 0.15) is 0 Å². The van der Waals surface area contributed by atoms with Crippen molar-refractivity contribution >= 4 is 16.3 Å². The molecular weight excluding hydrogens is 222 g/mol. The van der Waals surface area contributed by atoms with E-state index in [1.54, 1.807) is 0 Å². The van der Waals surface area contributed by atoms with E-state index in [9.17, 15) is 0 Å². The van der Waals surface area contributed by atoms with Crippen molar-refractivity contribution in [3.63, 3.8) is 0 Å². The molecule has 3 heterocycles. The second-order valence-corrected chi connectivity index (χ2v) is 4.35. The van der Waals surface area contributed by atoms with Gasteiger partial charge >= 0.3 is 0 Å². The monoisotopic (exact) mass is 233 g/mol. The van der Waals surface area contributed by atoms with E-state index in [4.69, 9.17) is 0 Å². The molecule has 0 unspecified atom stereocenters. The number of benzene rings is 1. The lowest BCUT2D eigenvalue weighted by atomic mass is 10.0. The van der Waals surface area contributed by atoms with Crippen LogP contribution in [0.25, 0.3) is 27.4 Å². The highest BCUT2D eigenvalue weighted by atomic mass is 15.2. The predicted molar refractivity (Wildman–Crippen MR) is 72.5 cm³/mol. The molecule has 0 radical (unpaired) electrons. The van der Waals surface area contributed by atoms with Gasteiger partial charge in [-0.1, -0.05) is 24.3 Å². The molecule has 0 amide bonds. The molecule has 0 fully saturated rings. The maximum absolute atomic E-state index is 4.28. The Hall–Kier alpha value is -2.55. The Kier molecular flexibility index (Phi) is 1.83. The van der Waals surface area contributed by atoms with Gasteiger partial charge < -0.3 is 4.98 Å². The molecule has 0 aliphatic carbocycles. The van der Waals surface area contributed by atoms with Crippen molar-refractivity contribution < 1.29 is 0 Å². The molecule has 0 bridgehead atoms. The number of pyridine rings is 1. The van der Waals surface area contributed by atoms with Crippen molar-refractivity contribution in [3.05, 3.63) is 61.2 Å². The Labute approximate surface area is 104 Å². The van der Waals surface area contributed by atoms with Gasteiger partial charge in [-0.05, 0) is 23.1 Å². The maximum Gasteiger partial charge on any atom is 0.0740 e. The highest BCUT2D eigenvalue weighted by Crippen LogP contribution is 2.31. The zero-order chi connectivity index (χ0) is 11.9. The summed E-state index contributed by atoms with van der Waals surface area (Å²) in [7, 11) is 0. The summed E-state index contributed by atoms with van der Waals surface area (Å²) in [5.74, 6) is 0. The SMILES string of the molecule is c1cc(-c2cccn3nccc23)c2c[nH]cc2c1. The van der Waals surface area contributed by atoms with E-state index < -0.39 is 0 Å². The van der Waals surface area contributed by atoms with E-state index >= 15 is 0 Å². The molecule has 0 atom stereocenters. The smallest absolute Gasteiger partial charge is 0.0740 e. The van der Waals surface area contributed by atoms with Crippen molar-refractivity contribution in [1.29, 1.82) is 0 Å². The predicted octanol–water partition coefficient (Wildman–Crippen LogP) is 3.48. The van der Waals surface area contributed by atoms with Crippen molar-refractivity contribution in [1.82, 2.24) is 14.6 Å². The molecule has 3 aromatic heterocycles. The van der Waals surface area contributed by atoms with Crippen LogP contribution in [0.15, 0.2) is 61.2 Å². The van der Waals surface area contributed by atoms with Crippen molar-refractivity contribution in [2.45, 2.75) is 0 Å². The molecule has 3 heteroatoms. The second-order valence-electron chi connectivity index (χ2n) is 4.35. The average molecular weight is 233 g/mol. The van der Waals surface area contributed by atoms with E-state index in [0.29, 0.717) is 0 Å². The summed E-state index contributed by atoms with van der Waals surface area (Å²) in [6.45, 7) is 0. The van der Waals surface area contributed by atoms with Gasteiger partial charge in [-0.25, -0.2) is 4.52 Å². The summed E-state index contributed by atoms with van der Waals surface area (Å²) >= 11 is 0. The summed E-state index contributed by atoms with van der Waals surface area (Å²) < 4.78 is 1.90. The van der Waals surface area contributed by atoms with Crippen molar-refractivity contribution in [2.75, 3.05) is 0 Å². The van der Waals surface area contributed by atoms with Crippen LogP contribution in [0.4, 0.5) is 0 Å². The number of aromatic nitrogens is 3. The fourth-order valence-electron chi connectivity index (χ4n) is 2.50. The van der Waals surface area contributed by atoms with Gasteiger partial charge in [0.1, 0.15) is 0 Å². The van der Waals surface area contributed by atoms with Gasteiger partial charge in [0.25, 0.3) is 0 Å². The highest BCUT2D eigenvalue weighted by Gasteiger charge is 2.08. The largest absolute Gasteiger partial charge is 0.366 e. The minimum atomic E-state index is 1.13. The number of H-pyrrole nitrogens is 1. The van der Waals surface area contributed by atoms with Gasteiger partial charge in [0.2, 0.25) is 0 Å². The number of nitrogens with zero attached hydrogens (tertiary/aromatic N) is 2. The molecule has 0 aliphatic heterocycles. The first kappa shape index (κ1) is 9.48. The fraction of sp³-hybridized carbons (Fsp3) is 0. The number of hydrogen-bond acceptors (Lipinski definition) is 1. The quantitative estimate of drug-likeness (QED) is 0.536. The minimum Gasteiger partial charge on any atom is -0.366 e. The van der Waals surface area contributed by atoms with E-state index in [2.05, 4.69) is 34.3 Å². The summed E-state index contributed by atoms with van der Waals surface area (Å²) in [6.07, 6.45) is 7.87. The third-order valence-electron chi connectivity index (χ3n) is 3.33. The average Bonchev–Trinajstić information content (AvgIpc) is 3.06. The lowest BCUT2D eigenvalue weighted by Gasteiger charge is -2.05. The molecule has 0 spiro atoms. The molecule has 1 N–H and O–H groups in total. The lowest BCUT2D eigenvalue weighted by molar-refractivity contribution is 0.962. The Morgan fingerprint density at radius 3 is 2.89 bits per heavy atom.